The van der Waals surface area contributed by atoms with Gasteiger partial charge in [0, 0.05) is 15.6 Å². The largest absolute Gasteiger partial charge is 0.328 e. The number of carbonyl (C=O) groups is 1. The van der Waals surface area contributed by atoms with E-state index < -0.39 is 0 Å². The average molecular weight is 410 g/mol. The second kappa shape index (κ2) is 8.79. The molecule has 0 aliphatic carbocycles. The van der Waals surface area contributed by atoms with Crippen LogP contribution in [0, 0.1) is 6.92 Å². The van der Waals surface area contributed by atoms with Crippen LogP contribution in [-0.2, 0) is 4.79 Å². The lowest BCUT2D eigenvalue weighted by Crippen LogP contribution is -2.87. The molecule has 0 aliphatic rings. The highest BCUT2D eigenvalue weighted by atomic mass is 79.9. The number of nitrogens with two attached hydrogens (primary N) is 1. The molecule has 0 unspecified atom stereocenters. The van der Waals surface area contributed by atoms with Gasteiger partial charge in [0.15, 0.2) is 6.54 Å². The van der Waals surface area contributed by atoms with E-state index in [9.17, 15) is 4.79 Å². The number of rotatable bonds is 6. The molecule has 4 heteroatoms. The lowest BCUT2D eigenvalue weighted by Gasteiger charge is -2.17. The van der Waals surface area contributed by atoms with Crippen molar-refractivity contribution < 1.29 is 10.1 Å². The zero-order chi connectivity index (χ0) is 18.4. The van der Waals surface area contributed by atoms with Crippen molar-refractivity contribution in [3.05, 3.63) is 100 Å². The Morgan fingerprint density at radius 1 is 0.923 bits per heavy atom. The third kappa shape index (κ3) is 4.81. The first-order valence-corrected chi connectivity index (χ1v) is 9.42. The highest BCUT2D eigenvalue weighted by molar-refractivity contribution is 9.10. The molecule has 0 spiro atoms. The van der Waals surface area contributed by atoms with E-state index in [-0.39, 0.29) is 11.9 Å². The number of carbonyl (C=O) groups excluding carboxylic acids is 1. The Morgan fingerprint density at radius 3 is 2.23 bits per heavy atom. The number of hydrogen-bond donors (Lipinski definition) is 2. The van der Waals surface area contributed by atoms with E-state index in [1.807, 2.05) is 42.5 Å². The molecule has 3 N–H and O–H groups in total. The molecular weight excluding hydrogens is 388 g/mol. The minimum atomic E-state index is -0.0232. The zero-order valence-corrected chi connectivity index (χ0v) is 16.2. The number of quaternary nitrogens is 1. The normalized spacial score (nSPS) is 11.8. The Bertz CT molecular complexity index is 863. The maximum atomic E-state index is 12.4. The van der Waals surface area contributed by atoms with Crippen LogP contribution in [0.2, 0.25) is 0 Å². The maximum absolute atomic E-state index is 12.4. The van der Waals surface area contributed by atoms with Gasteiger partial charge in [-0.15, -0.1) is 0 Å². The summed E-state index contributed by atoms with van der Waals surface area (Å²) in [5.41, 5.74) is 4.39. The first-order valence-electron chi connectivity index (χ1n) is 8.62. The van der Waals surface area contributed by atoms with E-state index in [1.54, 1.807) is 0 Å². The maximum Gasteiger partial charge on any atom is 0.279 e. The van der Waals surface area contributed by atoms with Crippen LogP contribution in [-0.4, -0.2) is 12.5 Å². The number of hydrogen-bond acceptors (Lipinski definition) is 1. The van der Waals surface area contributed by atoms with Crippen LogP contribution in [0.1, 0.15) is 22.7 Å². The van der Waals surface area contributed by atoms with Gasteiger partial charge in [-0.05, 0) is 35.0 Å². The third-order valence-corrected chi connectivity index (χ3v) is 4.97. The van der Waals surface area contributed by atoms with Gasteiger partial charge in [-0.25, -0.2) is 0 Å². The number of halogens is 1. The summed E-state index contributed by atoms with van der Waals surface area (Å²) in [5.74, 6) is -0.0232. The Balaban J connectivity index is 1.73. The molecule has 1 atom stereocenters. The summed E-state index contributed by atoms with van der Waals surface area (Å²) < 4.78 is 0.881. The number of aryl methyl sites for hydroxylation is 1. The Kier molecular flexibility index (Phi) is 6.21. The standard InChI is InChI=1S/C22H21BrN2O/c1-16-11-13-18(14-12-16)22(17-7-3-2-4-8-17)24-15-21(26)25-20-10-6-5-9-19(20)23/h2-14,22,24H,15H2,1H3,(H,25,26)/p+1/t22-/m0/s1. The van der Waals surface area contributed by atoms with Crippen molar-refractivity contribution in [3.63, 3.8) is 0 Å². The van der Waals surface area contributed by atoms with E-state index in [4.69, 9.17) is 0 Å². The van der Waals surface area contributed by atoms with Gasteiger partial charge in [-0.1, -0.05) is 72.3 Å². The lowest BCUT2D eigenvalue weighted by atomic mass is 9.98. The molecule has 0 saturated carbocycles. The third-order valence-electron chi connectivity index (χ3n) is 4.28. The van der Waals surface area contributed by atoms with Crippen molar-refractivity contribution in [2.75, 3.05) is 11.9 Å². The van der Waals surface area contributed by atoms with Gasteiger partial charge in [0.2, 0.25) is 0 Å². The van der Waals surface area contributed by atoms with Crippen LogP contribution in [0.5, 0.6) is 0 Å². The molecule has 3 nitrogen and oxygen atoms in total. The minimum absolute atomic E-state index is 0.0232. The molecule has 0 radical (unpaired) electrons. The van der Waals surface area contributed by atoms with Crippen molar-refractivity contribution in [2.24, 2.45) is 0 Å². The Morgan fingerprint density at radius 2 is 1.54 bits per heavy atom. The van der Waals surface area contributed by atoms with E-state index in [1.165, 1.54) is 16.7 Å². The van der Waals surface area contributed by atoms with E-state index >= 15 is 0 Å². The van der Waals surface area contributed by atoms with E-state index in [0.29, 0.717) is 6.54 Å². The Labute approximate surface area is 162 Å². The average Bonchev–Trinajstić information content (AvgIpc) is 2.66. The number of anilines is 1. The molecule has 0 heterocycles. The summed E-state index contributed by atoms with van der Waals surface area (Å²) >= 11 is 3.46. The van der Waals surface area contributed by atoms with Crippen molar-refractivity contribution >= 4 is 27.5 Å². The fourth-order valence-electron chi connectivity index (χ4n) is 2.89. The fourth-order valence-corrected chi connectivity index (χ4v) is 3.27. The van der Waals surface area contributed by atoms with Crippen LogP contribution in [0.3, 0.4) is 0 Å². The molecule has 1 amide bonds. The summed E-state index contributed by atoms with van der Waals surface area (Å²) in [4.78, 5) is 12.4. The molecule has 3 aromatic carbocycles. The topological polar surface area (TPSA) is 45.7 Å². The highest BCUT2D eigenvalue weighted by Gasteiger charge is 2.19. The van der Waals surface area contributed by atoms with Crippen LogP contribution in [0.25, 0.3) is 0 Å². The van der Waals surface area contributed by atoms with Gasteiger partial charge in [-0.2, -0.15) is 0 Å². The number of nitrogens with one attached hydrogen (secondary N) is 1. The Hall–Kier alpha value is -2.43. The van der Waals surface area contributed by atoms with Gasteiger partial charge >= 0.3 is 0 Å². The van der Waals surface area contributed by atoms with Crippen molar-refractivity contribution in [1.29, 1.82) is 0 Å². The van der Waals surface area contributed by atoms with E-state index in [2.05, 4.69) is 69.9 Å². The molecule has 0 fully saturated rings. The van der Waals surface area contributed by atoms with Gasteiger partial charge in [0.1, 0.15) is 6.04 Å². The second-order valence-corrected chi connectivity index (χ2v) is 7.12. The molecule has 0 aliphatic heterocycles. The second-order valence-electron chi connectivity index (χ2n) is 6.27. The van der Waals surface area contributed by atoms with Crippen LogP contribution < -0.4 is 10.6 Å². The monoisotopic (exact) mass is 409 g/mol. The highest BCUT2D eigenvalue weighted by Crippen LogP contribution is 2.21. The SMILES string of the molecule is Cc1ccc([C@@H]([NH2+]CC(=O)Nc2ccccc2Br)c2ccccc2)cc1. The predicted molar refractivity (Wildman–Crippen MR) is 109 cm³/mol. The molecule has 26 heavy (non-hydrogen) atoms. The quantitative estimate of drug-likeness (QED) is 0.633. The summed E-state index contributed by atoms with van der Waals surface area (Å²) in [6, 6.07) is 26.5. The van der Waals surface area contributed by atoms with Gasteiger partial charge in [0.25, 0.3) is 5.91 Å². The van der Waals surface area contributed by atoms with Gasteiger partial charge in [-0.3, -0.25) is 4.79 Å². The summed E-state index contributed by atoms with van der Waals surface area (Å²) in [6.45, 7) is 2.42. The summed E-state index contributed by atoms with van der Waals surface area (Å²) in [7, 11) is 0. The van der Waals surface area contributed by atoms with Crippen LogP contribution in [0.15, 0.2) is 83.3 Å². The first kappa shape index (κ1) is 18.4. The van der Waals surface area contributed by atoms with E-state index in [0.717, 1.165) is 10.2 Å². The first-order chi connectivity index (χ1) is 12.6. The molecule has 3 aromatic rings. The van der Waals surface area contributed by atoms with Crippen molar-refractivity contribution in [2.45, 2.75) is 13.0 Å². The molecule has 0 aromatic heterocycles. The fraction of sp³-hybridized carbons (Fsp3) is 0.136. The lowest BCUT2D eigenvalue weighted by molar-refractivity contribution is -0.676. The molecule has 0 saturated heterocycles. The molecule has 132 valence electrons. The molecule has 0 bridgehead atoms. The molecule has 3 rings (SSSR count). The predicted octanol–water partition coefficient (Wildman–Crippen LogP) is 4.05. The van der Waals surface area contributed by atoms with Crippen LogP contribution in [0.4, 0.5) is 5.69 Å². The summed E-state index contributed by atoms with van der Waals surface area (Å²) in [6.07, 6.45) is 0. The van der Waals surface area contributed by atoms with Crippen molar-refractivity contribution in [3.8, 4) is 0 Å². The molecular formula is C22H22BrN2O+. The van der Waals surface area contributed by atoms with Gasteiger partial charge < -0.3 is 10.6 Å². The summed E-state index contributed by atoms with van der Waals surface area (Å²) in [5, 5.41) is 5.04. The smallest absolute Gasteiger partial charge is 0.279 e. The zero-order valence-electron chi connectivity index (χ0n) is 14.7. The van der Waals surface area contributed by atoms with Gasteiger partial charge in [0.05, 0.1) is 5.69 Å². The van der Waals surface area contributed by atoms with Crippen molar-refractivity contribution in [1.82, 2.24) is 0 Å². The van der Waals surface area contributed by atoms with Crippen LogP contribution >= 0.6 is 15.9 Å². The minimum Gasteiger partial charge on any atom is -0.328 e. The number of para-hydroxylation sites is 1. The number of benzene rings is 3. The number of amides is 1.